The van der Waals surface area contributed by atoms with Crippen molar-refractivity contribution in [3.8, 4) is 0 Å². The summed E-state index contributed by atoms with van der Waals surface area (Å²) in [6.45, 7) is 3.98. The van der Waals surface area contributed by atoms with Crippen molar-refractivity contribution in [1.82, 2.24) is 5.43 Å². The Kier molecular flexibility index (Phi) is 7.18. The lowest BCUT2D eigenvalue weighted by molar-refractivity contribution is -0.136. The summed E-state index contributed by atoms with van der Waals surface area (Å²) in [5, 5.41) is 7.22. The second kappa shape index (κ2) is 9.36. The zero-order valence-corrected chi connectivity index (χ0v) is 16.0. The van der Waals surface area contributed by atoms with Gasteiger partial charge in [0.05, 0.1) is 16.3 Å². The van der Waals surface area contributed by atoms with Gasteiger partial charge in [-0.15, -0.1) is 0 Å². The Labute approximate surface area is 162 Å². The number of carbonyl (C=O) groups is 2. The zero-order chi connectivity index (χ0) is 19.1. The Morgan fingerprint density at radius 3 is 2.04 bits per heavy atom. The van der Waals surface area contributed by atoms with E-state index in [0.29, 0.717) is 21.3 Å². The first-order valence-corrected chi connectivity index (χ1v) is 8.92. The SMILES string of the molecule is CCc1cccc(CC)c1NC(=O)C(=O)NN=Cc1c(Cl)cccc1Cl. The predicted octanol–water partition coefficient (Wildman–Crippen LogP) is 4.21. The number of hydrazone groups is 1. The number of nitrogens with one attached hydrogen (secondary N) is 2. The number of anilines is 1. The minimum Gasteiger partial charge on any atom is -0.317 e. The first-order chi connectivity index (χ1) is 12.5. The third-order valence-corrected chi connectivity index (χ3v) is 4.46. The maximum atomic E-state index is 12.2. The van der Waals surface area contributed by atoms with E-state index in [0.717, 1.165) is 24.0 Å². The molecule has 2 aromatic rings. The highest BCUT2D eigenvalue weighted by atomic mass is 35.5. The quantitative estimate of drug-likeness (QED) is 0.455. The molecule has 136 valence electrons. The molecule has 0 heterocycles. The summed E-state index contributed by atoms with van der Waals surface area (Å²) in [5.41, 5.74) is 5.26. The number of aryl methyl sites for hydroxylation is 2. The number of para-hydroxylation sites is 1. The predicted molar refractivity (Wildman–Crippen MR) is 106 cm³/mol. The third-order valence-electron chi connectivity index (χ3n) is 3.80. The van der Waals surface area contributed by atoms with Gasteiger partial charge in [0.25, 0.3) is 0 Å². The fourth-order valence-electron chi connectivity index (χ4n) is 2.41. The Hall–Kier alpha value is -2.37. The number of nitrogens with zero attached hydrogens (tertiary/aromatic N) is 1. The van der Waals surface area contributed by atoms with Crippen molar-refractivity contribution in [1.29, 1.82) is 0 Å². The number of benzene rings is 2. The molecule has 0 aromatic heterocycles. The van der Waals surface area contributed by atoms with Gasteiger partial charge in [-0.3, -0.25) is 9.59 Å². The zero-order valence-electron chi connectivity index (χ0n) is 14.5. The number of carbonyl (C=O) groups excluding carboxylic acids is 2. The highest BCUT2D eigenvalue weighted by Crippen LogP contribution is 2.23. The van der Waals surface area contributed by atoms with Crippen LogP contribution in [0.5, 0.6) is 0 Å². The van der Waals surface area contributed by atoms with Crippen molar-refractivity contribution >= 4 is 46.9 Å². The maximum Gasteiger partial charge on any atom is 0.329 e. The highest BCUT2D eigenvalue weighted by Gasteiger charge is 2.16. The van der Waals surface area contributed by atoms with Gasteiger partial charge in [-0.25, -0.2) is 5.43 Å². The van der Waals surface area contributed by atoms with E-state index < -0.39 is 11.8 Å². The summed E-state index contributed by atoms with van der Waals surface area (Å²) in [6, 6.07) is 10.8. The largest absolute Gasteiger partial charge is 0.329 e. The molecule has 0 atom stereocenters. The van der Waals surface area contributed by atoms with Gasteiger partial charge < -0.3 is 5.32 Å². The average molecular weight is 392 g/mol. The van der Waals surface area contributed by atoms with E-state index in [1.807, 2.05) is 32.0 Å². The number of halogens is 2. The van der Waals surface area contributed by atoms with Crippen LogP contribution in [0.2, 0.25) is 10.0 Å². The van der Waals surface area contributed by atoms with Crippen LogP contribution in [0.15, 0.2) is 41.5 Å². The van der Waals surface area contributed by atoms with Crippen LogP contribution in [0.4, 0.5) is 5.69 Å². The third kappa shape index (κ3) is 4.84. The molecular formula is C19H19Cl2N3O2. The minimum atomic E-state index is -0.877. The summed E-state index contributed by atoms with van der Waals surface area (Å²) in [6.07, 6.45) is 2.79. The standard InChI is InChI=1S/C19H19Cl2N3O2/c1-3-12-7-5-8-13(4-2)17(12)23-18(25)19(26)24-22-11-14-15(20)9-6-10-16(14)21/h5-11H,3-4H2,1-2H3,(H,23,25)(H,24,26). The topological polar surface area (TPSA) is 70.6 Å². The maximum absolute atomic E-state index is 12.2. The first kappa shape index (κ1) is 19.9. The van der Waals surface area contributed by atoms with E-state index in [4.69, 9.17) is 23.2 Å². The van der Waals surface area contributed by atoms with Crippen molar-refractivity contribution in [2.75, 3.05) is 5.32 Å². The second-order valence-electron chi connectivity index (χ2n) is 5.45. The lowest BCUT2D eigenvalue weighted by Gasteiger charge is -2.13. The van der Waals surface area contributed by atoms with Crippen LogP contribution < -0.4 is 10.7 Å². The lowest BCUT2D eigenvalue weighted by Crippen LogP contribution is -2.33. The van der Waals surface area contributed by atoms with Crippen molar-refractivity contribution in [2.24, 2.45) is 5.10 Å². The molecule has 2 aromatic carbocycles. The van der Waals surface area contributed by atoms with Crippen LogP contribution in [-0.4, -0.2) is 18.0 Å². The van der Waals surface area contributed by atoms with Crippen molar-refractivity contribution < 1.29 is 9.59 Å². The monoisotopic (exact) mass is 391 g/mol. The molecule has 0 radical (unpaired) electrons. The number of hydrogen-bond acceptors (Lipinski definition) is 3. The van der Waals surface area contributed by atoms with E-state index in [9.17, 15) is 9.59 Å². The van der Waals surface area contributed by atoms with E-state index >= 15 is 0 Å². The van der Waals surface area contributed by atoms with Crippen LogP contribution >= 0.6 is 23.2 Å². The molecule has 0 aliphatic rings. The van der Waals surface area contributed by atoms with Gasteiger partial charge in [0.2, 0.25) is 0 Å². The molecule has 7 heteroatoms. The number of hydrogen-bond donors (Lipinski definition) is 2. The van der Waals surface area contributed by atoms with Gasteiger partial charge in [0.15, 0.2) is 0 Å². The smallest absolute Gasteiger partial charge is 0.317 e. The molecule has 2 N–H and O–H groups in total. The lowest BCUT2D eigenvalue weighted by atomic mass is 10.0. The molecule has 0 bridgehead atoms. The van der Waals surface area contributed by atoms with Crippen LogP contribution in [0.25, 0.3) is 0 Å². The van der Waals surface area contributed by atoms with E-state index in [1.165, 1.54) is 6.21 Å². The minimum absolute atomic E-state index is 0.393. The van der Waals surface area contributed by atoms with Gasteiger partial charge >= 0.3 is 11.8 Å². The Bertz CT molecular complexity index is 808. The Balaban J connectivity index is 2.07. The van der Waals surface area contributed by atoms with Crippen LogP contribution in [-0.2, 0) is 22.4 Å². The van der Waals surface area contributed by atoms with Gasteiger partial charge in [0.1, 0.15) is 0 Å². The molecule has 0 fully saturated rings. The molecule has 0 saturated carbocycles. The van der Waals surface area contributed by atoms with Crippen molar-refractivity contribution in [3.05, 3.63) is 63.1 Å². The van der Waals surface area contributed by atoms with Gasteiger partial charge in [-0.1, -0.05) is 61.3 Å². The second-order valence-corrected chi connectivity index (χ2v) is 6.26. The molecule has 0 aliphatic carbocycles. The van der Waals surface area contributed by atoms with E-state index in [-0.39, 0.29) is 0 Å². The fourth-order valence-corrected chi connectivity index (χ4v) is 2.91. The average Bonchev–Trinajstić information content (AvgIpc) is 2.64. The Morgan fingerprint density at radius 2 is 1.50 bits per heavy atom. The molecule has 0 spiro atoms. The summed E-state index contributed by atoms with van der Waals surface area (Å²) >= 11 is 12.0. The first-order valence-electron chi connectivity index (χ1n) is 8.17. The highest BCUT2D eigenvalue weighted by molar-refractivity contribution is 6.40. The molecule has 5 nitrogen and oxygen atoms in total. The van der Waals surface area contributed by atoms with Crippen molar-refractivity contribution in [3.63, 3.8) is 0 Å². The van der Waals surface area contributed by atoms with Gasteiger partial charge in [-0.05, 0) is 36.1 Å². The summed E-state index contributed by atoms with van der Waals surface area (Å²) in [5.74, 6) is -1.67. The van der Waals surface area contributed by atoms with Crippen LogP contribution in [0.1, 0.15) is 30.5 Å². The molecule has 0 unspecified atom stereocenters. The summed E-state index contributed by atoms with van der Waals surface area (Å²) < 4.78 is 0. The molecule has 26 heavy (non-hydrogen) atoms. The Morgan fingerprint density at radius 1 is 0.962 bits per heavy atom. The number of rotatable bonds is 5. The molecule has 0 aliphatic heterocycles. The fraction of sp³-hybridized carbons (Fsp3) is 0.211. The van der Waals surface area contributed by atoms with Gasteiger partial charge in [-0.2, -0.15) is 5.10 Å². The van der Waals surface area contributed by atoms with E-state index in [1.54, 1.807) is 18.2 Å². The summed E-state index contributed by atoms with van der Waals surface area (Å²) in [4.78, 5) is 24.2. The molecule has 2 rings (SSSR count). The van der Waals surface area contributed by atoms with Crippen molar-refractivity contribution in [2.45, 2.75) is 26.7 Å². The van der Waals surface area contributed by atoms with Gasteiger partial charge in [0, 0.05) is 11.3 Å². The molecular weight excluding hydrogens is 373 g/mol. The normalized spacial score (nSPS) is 10.8. The van der Waals surface area contributed by atoms with Crippen LogP contribution in [0.3, 0.4) is 0 Å². The van der Waals surface area contributed by atoms with Crippen LogP contribution in [0, 0.1) is 0 Å². The summed E-state index contributed by atoms with van der Waals surface area (Å²) in [7, 11) is 0. The number of amides is 2. The molecule has 2 amide bonds. The van der Waals surface area contributed by atoms with E-state index in [2.05, 4.69) is 15.8 Å². The molecule has 0 saturated heterocycles.